The summed E-state index contributed by atoms with van der Waals surface area (Å²) in [6.45, 7) is 6.03. The number of carbonyl (C=O) groups is 1. The van der Waals surface area contributed by atoms with Crippen LogP contribution in [0.15, 0.2) is 54.6 Å². The molecule has 0 atom stereocenters. The van der Waals surface area contributed by atoms with Gasteiger partial charge in [-0.3, -0.25) is 4.79 Å². The predicted octanol–water partition coefficient (Wildman–Crippen LogP) is 4.57. The van der Waals surface area contributed by atoms with Crippen molar-refractivity contribution in [3.8, 4) is 5.75 Å². The number of hydrogen-bond donors (Lipinski definition) is 0. The van der Waals surface area contributed by atoms with E-state index >= 15 is 0 Å². The number of nitrogens with zero attached hydrogens (tertiary/aromatic N) is 1. The molecular weight excluding hydrogens is 286 g/mol. The number of hydrogen-bond acceptors (Lipinski definition) is 3. The summed E-state index contributed by atoms with van der Waals surface area (Å²) in [5, 5.41) is 0. The van der Waals surface area contributed by atoms with Crippen molar-refractivity contribution in [2.24, 2.45) is 0 Å². The summed E-state index contributed by atoms with van der Waals surface area (Å²) < 4.78 is 5.58. The Hall–Kier alpha value is -2.29. The molecular formula is C20H25NO2. The third-order valence-corrected chi connectivity index (χ3v) is 3.71. The molecule has 0 amide bonds. The Bertz CT molecular complexity index is 610. The van der Waals surface area contributed by atoms with Crippen molar-refractivity contribution in [3.05, 3.63) is 60.2 Å². The van der Waals surface area contributed by atoms with Crippen LogP contribution in [0.2, 0.25) is 0 Å². The summed E-state index contributed by atoms with van der Waals surface area (Å²) >= 11 is 0. The molecule has 0 spiro atoms. The van der Waals surface area contributed by atoms with Gasteiger partial charge in [0, 0.05) is 23.9 Å². The molecule has 0 unspecified atom stereocenters. The molecule has 2 rings (SSSR count). The topological polar surface area (TPSA) is 29.5 Å². The first-order valence-electron chi connectivity index (χ1n) is 8.30. The smallest absolute Gasteiger partial charge is 0.182 e. The van der Waals surface area contributed by atoms with Gasteiger partial charge in [0.2, 0.25) is 0 Å². The number of ketones is 1. The highest BCUT2D eigenvalue weighted by atomic mass is 16.5. The van der Waals surface area contributed by atoms with Gasteiger partial charge in [-0.2, -0.15) is 0 Å². The van der Waals surface area contributed by atoms with Gasteiger partial charge in [0.25, 0.3) is 0 Å². The van der Waals surface area contributed by atoms with Crippen molar-refractivity contribution < 1.29 is 9.53 Å². The SMILES string of the molecule is CCCCN(CC(=O)c1ccccc1)c1cccc(OCC)c1. The lowest BCUT2D eigenvalue weighted by atomic mass is 10.1. The molecule has 0 bridgehead atoms. The molecule has 0 saturated heterocycles. The summed E-state index contributed by atoms with van der Waals surface area (Å²) in [6, 6.07) is 17.5. The Morgan fingerprint density at radius 3 is 2.52 bits per heavy atom. The minimum Gasteiger partial charge on any atom is -0.494 e. The van der Waals surface area contributed by atoms with Gasteiger partial charge in [-0.25, -0.2) is 0 Å². The zero-order valence-corrected chi connectivity index (χ0v) is 14.0. The molecule has 0 aliphatic rings. The molecule has 0 N–H and O–H groups in total. The molecule has 3 nitrogen and oxygen atoms in total. The third-order valence-electron chi connectivity index (χ3n) is 3.71. The second kappa shape index (κ2) is 8.99. The number of carbonyl (C=O) groups excluding carboxylic acids is 1. The van der Waals surface area contributed by atoms with E-state index in [-0.39, 0.29) is 5.78 Å². The molecule has 0 aliphatic heterocycles. The fourth-order valence-corrected chi connectivity index (χ4v) is 2.47. The molecule has 122 valence electrons. The lowest BCUT2D eigenvalue weighted by molar-refractivity contribution is 0.0999. The normalized spacial score (nSPS) is 10.3. The van der Waals surface area contributed by atoms with Gasteiger partial charge >= 0.3 is 0 Å². The van der Waals surface area contributed by atoms with Crippen LogP contribution in [0.4, 0.5) is 5.69 Å². The van der Waals surface area contributed by atoms with Crippen LogP contribution in [0.5, 0.6) is 5.75 Å². The Morgan fingerprint density at radius 2 is 1.83 bits per heavy atom. The molecule has 0 aliphatic carbocycles. The van der Waals surface area contributed by atoms with Gasteiger partial charge < -0.3 is 9.64 Å². The van der Waals surface area contributed by atoms with E-state index in [1.165, 1.54) is 0 Å². The van der Waals surface area contributed by atoms with E-state index in [4.69, 9.17) is 4.74 Å². The van der Waals surface area contributed by atoms with Crippen LogP contribution in [-0.4, -0.2) is 25.5 Å². The van der Waals surface area contributed by atoms with E-state index in [2.05, 4.69) is 11.8 Å². The van der Waals surface area contributed by atoms with Crippen LogP contribution in [0.3, 0.4) is 0 Å². The van der Waals surface area contributed by atoms with Crippen molar-refractivity contribution in [2.75, 3.05) is 24.6 Å². The highest BCUT2D eigenvalue weighted by Gasteiger charge is 2.13. The first-order chi connectivity index (χ1) is 11.2. The summed E-state index contributed by atoms with van der Waals surface area (Å²) in [5.41, 5.74) is 1.80. The quantitative estimate of drug-likeness (QED) is 0.635. The maximum Gasteiger partial charge on any atom is 0.182 e. The fraction of sp³-hybridized carbons (Fsp3) is 0.350. The minimum absolute atomic E-state index is 0.142. The van der Waals surface area contributed by atoms with Crippen LogP contribution in [0.1, 0.15) is 37.0 Å². The van der Waals surface area contributed by atoms with E-state index < -0.39 is 0 Å². The molecule has 2 aromatic carbocycles. The molecule has 3 heteroatoms. The minimum atomic E-state index is 0.142. The van der Waals surface area contributed by atoms with E-state index in [1.54, 1.807) is 0 Å². The van der Waals surface area contributed by atoms with Gasteiger partial charge in [0.1, 0.15) is 5.75 Å². The van der Waals surface area contributed by atoms with Gasteiger partial charge in [-0.15, -0.1) is 0 Å². The number of benzene rings is 2. The maximum atomic E-state index is 12.5. The van der Waals surface area contributed by atoms with Gasteiger partial charge in [0.15, 0.2) is 5.78 Å². The molecule has 0 heterocycles. The summed E-state index contributed by atoms with van der Waals surface area (Å²) in [7, 11) is 0. The van der Waals surface area contributed by atoms with E-state index in [9.17, 15) is 4.79 Å². The average Bonchev–Trinajstić information content (AvgIpc) is 2.59. The van der Waals surface area contributed by atoms with Crippen molar-refractivity contribution in [3.63, 3.8) is 0 Å². The van der Waals surface area contributed by atoms with Gasteiger partial charge in [-0.05, 0) is 25.5 Å². The van der Waals surface area contributed by atoms with E-state index in [1.807, 2.05) is 61.5 Å². The monoisotopic (exact) mass is 311 g/mol. The second-order valence-corrected chi connectivity index (χ2v) is 5.49. The van der Waals surface area contributed by atoms with Crippen LogP contribution in [0.25, 0.3) is 0 Å². The number of anilines is 1. The first-order valence-corrected chi connectivity index (χ1v) is 8.30. The standard InChI is InChI=1S/C20H25NO2/c1-3-5-14-21(16-20(22)17-10-7-6-8-11-17)18-12-9-13-19(15-18)23-4-2/h6-13,15H,3-5,14,16H2,1-2H3. The Kier molecular flexibility index (Phi) is 6.67. The zero-order chi connectivity index (χ0) is 16.5. The lowest BCUT2D eigenvalue weighted by Gasteiger charge is -2.24. The van der Waals surface area contributed by atoms with Crippen molar-refractivity contribution in [1.82, 2.24) is 0 Å². The number of rotatable bonds is 9. The Balaban J connectivity index is 2.16. The second-order valence-electron chi connectivity index (χ2n) is 5.49. The average molecular weight is 311 g/mol. The predicted molar refractivity (Wildman–Crippen MR) is 95.5 cm³/mol. The summed E-state index contributed by atoms with van der Waals surface area (Å²) in [5.74, 6) is 0.988. The fourth-order valence-electron chi connectivity index (χ4n) is 2.47. The lowest BCUT2D eigenvalue weighted by Crippen LogP contribution is -2.30. The molecule has 0 radical (unpaired) electrons. The van der Waals surface area contributed by atoms with Gasteiger partial charge in [-0.1, -0.05) is 49.7 Å². The number of unbranched alkanes of at least 4 members (excludes halogenated alkanes) is 1. The van der Waals surface area contributed by atoms with Crippen molar-refractivity contribution in [2.45, 2.75) is 26.7 Å². The van der Waals surface area contributed by atoms with Crippen molar-refractivity contribution in [1.29, 1.82) is 0 Å². The molecule has 23 heavy (non-hydrogen) atoms. The molecule has 2 aromatic rings. The number of Topliss-reactive ketones (excluding diaryl/α,β-unsaturated/α-hetero) is 1. The molecule has 0 aromatic heterocycles. The van der Waals surface area contributed by atoms with E-state index in [0.29, 0.717) is 13.2 Å². The largest absolute Gasteiger partial charge is 0.494 e. The third kappa shape index (κ3) is 5.13. The maximum absolute atomic E-state index is 12.5. The Labute approximate surface area is 138 Å². The zero-order valence-electron chi connectivity index (χ0n) is 14.0. The van der Waals surface area contributed by atoms with Crippen LogP contribution < -0.4 is 9.64 Å². The first kappa shape index (κ1) is 17.1. The van der Waals surface area contributed by atoms with Crippen molar-refractivity contribution >= 4 is 11.5 Å². The molecule has 0 saturated carbocycles. The Morgan fingerprint density at radius 1 is 1.04 bits per heavy atom. The summed E-state index contributed by atoms with van der Waals surface area (Å²) in [4.78, 5) is 14.7. The highest BCUT2D eigenvalue weighted by Crippen LogP contribution is 2.22. The highest BCUT2D eigenvalue weighted by molar-refractivity contribution is 5.99. The number of ether oxygens (including phenoxy) is 1. The summed E-state index contributed by atoms with van der Waals surface area (Å²) in [6.07, 6.45) is 2.15. The van der Waals surface area contributed by atoms with Gasteiger partial charge in [0.05, 0.1) is 13.2 Å². The van der Waals surface area contributed by atoms with Crippen LogP contribution >= 0.6 is 0 Å². The van der Waals surface area contributed by atoms with E-state index in [0.717, 1.165) is 36.4 Å². The van der Waals surface area contributed by atoms with Crippen LogP contribution in [-0.2, 0) is 0 Å². The molecule has 0 fully saturated rings. The van der Waals surface area contributed by atoms with Crippen LogP contribution in [0, 0.1) is 0 Å².